The first-order valence-electron chi connectivity index (χ1n) is 15.3. The summed E-state index contributed by atoms with van der Waals surface area (Å²) in [6.45, 7) is 0. The quantitative estimate of drug-likeness (QED) is 0.206. The van der Waals surface area contributed by atoms with E-state index < -0.39 is 0 Å². The molecule has 10 aromatic rings. The van der Waals surface area contributed by atoms with Crippen LogP contribution in [0.4, 0.5) is 0 Å². The lowest BCUT2D eigenvalue weighted by molar-refractivity contribution is 1.06. The van der Waals surface area contributed by atoms with Crippen LogP contribution in [0.2, 0.25) is 0 Å². The SMILES string of the molecule is c1ccc(-n2c3ccccc3c3ccc(-n4c5ccccc5c5c4ccc4c6ccccc6n(-c6ccccc6)c45)nc32)cc1. The summed E-state index contributed by atoms with van der Waals surface area (Å²) in [7, 11) is 0. The largest absolute Gasteiger partial charge is 0.309 e. The number of fused-ring (bicyclic) bond motifs is 10. The van der Waals surface area contributed by atoms with Crippen molar-refractivity contribution in [3.63, 3.8) is 0 Å². The molecule has 210 valence electrons. The fourth-order valence-electron chi connectivity index (χ4n) is 7.39. The molecule has 6 aromatic carbocycles. The van der Waals surface area contributed by atoms with E-state index in [0.717, 1.165) is 44.8 Å². The van der Waals surface area contributed by atoms with E-state index in [2.05, 4.69) is 171 Å². The van der Waals surface area contributed by atoms with Gasteiger partial charge in [0.05, 0.1) is 27.6 Å². The lowest BCUT2D eigenvalue weighted by atomic mass is 10.1. The summed E-state index contributed by atoms with van der Waals surface area (Å²) < 4.78 is 7.05. The topological polar surface area (TPSA) is 27.7 Å². The van der Waals surface area contributed by atoms with Gasteiger partial charge in [0.2, 0.25) is 0 Å². The van der Waals surface area contributed by atoms with Crippen LogP contribution in [0.3, 0.4) is 0 Å². The molecule has 45 heavy (non-hydrogen) atoms. The summed E-state index contributed by atoms with van der Waals surface area (Å²) >= 11 is 0. The minimum Gasteiger partial charge on any atom is -0.309 e. The lowest BCUT2D eigenvalue weighted by Crippen LogP contribution is -2.00. The molecule has 0 unspecified atom stereocenters. The fourth-order valence-corrected chi connectivity index (χ4v) is 7.39. The predicted molar refractivity (Wildman–Crippen MR) is 187 cm³/mol. The van der Waals surface area contributed by atoms with Gasteiger partial charge in [-0.2, -0.15) is 0 Å². The highest BCUT2D eigenvalue weighted by atomic mass is 15.1. The first kappa shape index (κ1) is 24.3. The van der Waals surface area contributed by atoms with Crippen LogP contribution in [0.25, 0.3) is 82.7 Å². The van der Waals surface area contributed by atoms with Crippen molar-refractivity contribution < 1.29 is 0 Å². The molecule has 0 fully saturated rings. The summed E-state index contributed by atoms with van der Waals surface area (Å²) in [5, 5.41) is 7.29. The molecule has 4 heterocycles. The second-order valence-electron chi connectivity index (χ2n) is 11.6. The molecule has 0 aliphatic rings. The molecule has 0 saturated heterocycles. The van der Waals surface area contributed by atoms with Crippen molar-refractivity contribution in [3.05, 3.63) is 158 Å². The van der Waals surface area contributed by atoms with E-state index in [-0.39, 0.29) is 0 Å². The molecule has 0 saturated carbocycles. The van der Waals surface area contributed by atoms with Crippen molar-refractivity contribution in [1.82, 2.24) is 18.7 Å². The van der Waals surface area contributed by atoms with Gasteiger partial charge in [-0.05, 0) is 60.7 Å². The number of aromatic nitrogens is 4. The Balaban J connectivity index is 1.35. The van der Waals surface area contributed by atoms with Crippen molar-refractivity contribution in [1.29, 1.82) is 0 Å². The van der Waals surface area contributed by atoms with Crippen LogP contribution in [0.1, 0.15) is 0 Å². The molecular formula is C41H26N4. The van der Waals surface area contributed by atoms with Crippen LogP contribution < -0.4 is 0 Å². The van der Waals surface area contributed by atoms with Gasteiger partial charge >= 0.3 is 0 Å². The van der Waals surface area contributed by atoms with Crippen molar-refractivity contribution in [2.45, 2.75) is 0 Å². The molecule has 0 spiro atoms. The van der Waals surface area contributed by atoms with Crippen molar-refractivity contribution in [3.8, 4) is 17.2 Å². The van der Waals surface area contributed by atoms with Crippen molar-refractivity contribution in [2.75, 3.05) is 0 Å². The zero-order chi connectivity index (χ0) is 29.5. The van der Waals surface area contributed by atoms with E-state index in [1.807, 2.05) is 0 Å². The normalized spacial score (nSPS) is 12.0. The van der Waals surface area contributed by atoms with Crippen LogP contribution in [0.5, 0.6) is 0 Å². The Morgan fingerprint density at radius 2 is 0.844 bits per heavy atom. The van der Waals surface area contributed by atoms with Gasteiger partial charge in [0.1, 0.15) is 11.5 Å². The van der Waals surface area contributed by atoms with Gasteiger partial charge in [-0.1, -0.05) is 97.1 Å². The molecule has 0 aliphatic carbocycles. The monoisotopic (exact) mass is 574 g/mol. The van der Waals surface area contributed by atoms with Crippen LogP contribution in [0.15, 0.2) is 158 Å². The maximum absolute atomic E-state index is 5.45. The maximum Gasteiger partial charge on any atom is 0.148 e. The predicted octanol–water partition coefficient (Wildman–Crippen LogP) is 10.4. The van der Waals surface area contributed by atoms with Crippen molar-refractivity contribution in [2.24, 2.45) is 0 Å². The number of nitrogens with zero attached hydrogens (tertiary/aromatic N) is 4. The standard InChI is InChI=1S/C41H26N4/c1-3-13-27(14-4-1)43-34-20-10-7-17-29(34)31-23-25-37-39(40(31)43)33-19-9-12-22-36(33)45(37)38-26-24-32-30-18-8-11-21-35(30)44(41(32)42-38)28-15-5-2-6-16-28/h1-26H. The molecule has 4 aromatic heterocycles. The average molecular weight is 575 g/mol. The molecule has 0 radical (unpaired) electrons. The summed E-state index contributed by atoms with van der Waals surface area (Å²) in [5.41, 5.74) is 9.05. The molecule has 0 aliphatic heterocycles. The van der Waals surface area contributed by atoms with E-state index in [0.29, 0.717) is 0 Å². The highest BCUT2D eigenvalue weighted by Gasteiger charge is 2.22. The highest BCUT2D eigenvalue weighted by molar-refractivity contribution is 6.26. The summed E-state index contributed by atoms with van der Waals surface area (Å²) in [6.07, 6.45) is 0. The minimum absolute atomic E-state index is 0.899. The number of para-hydroxylation sites is 5. The Bertz CT molecular complexity index is 2750. The van der Waals surface area contributed by atoms with Crippen LogP contribution in [0, 0.1) is 0 Å². The van der Waals surface area contributed by atoms with E-state index in [4.69, 9.17) is 4.98 Å². The average Bonchev–Trinajstić information content (AvgIpc) is 3.74. The van der Waals surface area contributed by atoms with Gasteiger partial charge in [0.25, 0.3) is 0 Å². The van der Waals surface area contributed by atoms with Crippen molar-refractivity contribution >= 4 is 65.5 Å². The van der Waals surface area contributed by atoms with Gasteiger partial charge < -0.3 is 4.57 Å². The van der Waals surface area contributed by atoms with E-state index >= 15 is 0 Å². The lowest BCUT2D eigenvalue weighted by Gasteiger charge is -2.11. The third-order valence-electron chi connectivity index (χ3n) is 9.24. The van der Waals surface area contributed by atoms with E-state index in [1.54, 1.807) is 0 Å². The maximum atomic E-state index is 5.45. The second-order valence-corrected chi connectivity index (χ2v) is 11.6. The summed E-state index contributed by atoms with van der Waals surface area (Å²) in [5.74, 6) is 0.899. The van der Waals surface area contributed by atoms with Crippen LogP contribution >= 0.6 is 0 Å². The van der Waals surface area contributed by atoms with Gasteiger partial charge in [0.15, 0.2) is 0 Å². The fraction of sp³-hybridized carbons (Fsp3) is 0. The second kappa shape index (κ2) is 9.18. The Kier molecular flexibility index (Phi) is 4.96. The molecule has 0 atom stereocenters. The molecule has 0 N–H and O–H groups in total. The molecule has 0 bridgehead atoms. The van der Waals surface area contributed by atoms with Gasteiger partial charge in [-0.15, -0.1) is 0 Å². The summed E-state index contributed by atoms with van der Waals surface area (Å²) in [6, 6.07) is 56.3. The zero-order valence-electron chi connectivity index (χ0n) is 24.3. The summed E-state index contributed by atoms with van der Waals surface area (Å²) in [4.78, 5) is 5.45. The van der Waals surface area contributed by atoms with Gasteiger partial charge in [0, 0.05) is 43.7 Å². The van der Waals surface area contributed by atoms with E-state index in [1.165, 1.54) is 38.0 Å². The first-order chi connectivity index (χ1) is 22.4. The smallest absolute Gasteiger partial charge is 0.148 e. The zero-order valence-corrected chi connectivity index (χ0v) is 24.3. The molecule has 4 heteroatoms. The molecule has 10 rings (SSSR count). The Hall–Kier alpha value is -6.13. The molecular weight excluding hydrogens is 548 g/mol. The number of hydrogen-bond donors (Lipinski definition) is 0. The highest BCUT2D eigenvalue weighted by Crippen LogP contribution is 2.42. The van der Waals surface area contributed by atoms with Gasteiger partial charge in [-0.25, -0.2) is 4.98 Å². The molecule has 4 nitrogen and oxygen atoms in total. The Morgan fingerprint density at radius 1 is 0.333 bits per heavy atom. The van der Waals surface area contributed by atoms with Crippen LogP contribution in [-0.2, 0) is 0 Å². The number of rotatable bonds is 3. The van der Waals surface area contributed by atoms with Gasteiger partial charge in [-0.3, -0.25) is 9.13 Å². The molecule has 0 amide bonds. The Labute approximate surface area is 258 Å². The number of pyridine rings is 1. The third kappa shape index (κ3) is 3.34. The Morgan fingerprint density at radius 3 is 1.53 bits per heavy atom. The number of hydrogen-bond acceptors (Lipinski definition) is 1. The number of benzene rings is 6. The van der Waals surface area contributed by atoms with Crippen LogP contribution in [-0.4, -0.2) is 18.7 Å². The minimum atomic E-state index is 0.899. The first-order valence-corrected chi connectivity index (χ1v) is 15.3. The third-order valence-corrected chi connectivity index (χ3v) is 9.24. The van der Waals surface area contributed by atoms with E-state index in [9.17, 15) is 0 Å².